The molecule has 48 heavy (non-hydrogen) atoms. The zero-order chi connectivity index (χ0) is 35.0. The number of hydrogen-bond donors (Lipinski definition) is 3. The van der Waals surface area contributed by atoms with Gasteiger partial charge >= 0.3 is 0 Å². The summed E-state index contributed by atoms with van der Waals surface area (Å²) in [6, 6.07) is -0.530. The highest BCUT2D eigenvalue weighted by atomic mass is 16.3. The maximum absolute atomic E-state index is 12.3. The van der Waals surface area contributed by atoms with Crippen LogP contribution in [0.3, 0.4) is 0 Å². The number of rotatable bonds is 40. The van der Waals surface area contributed by atoms with Gasteiger partial charge in [0.15, 0.2) is 0 Å². The fourth-order valence-electron chi connectivity index (χ4n) is 6.89. The summed E-state index contributed by atoms with van der Waals surface area (Å²) < 4.78 is 0. The molecule has 0 radical (unpaired) electrons. The van der Waals surface area contributed by atoms with Gasteiger partial charge in [-0.05, 0) is 38.5 Å². The summed E-state index contributed by atoms with van der Waals surface area (Å²) in [5, 5.41) is 23.0. The second-order valence-electron chi connectivity index (χ2n) is 15.1. The van der Waals surface area contributed by atoms with Crippen molar-refractivity contribution in [3.8, 4) is 0 Å². The maximum atomic E-state index is 12.3. The van der Waals surface area contributed by atoms with Crippen molar-refractivity contribution in [3.63, 3.8) is 0 Å². The average Bonchev–Trinajstić information content (AvgIpc) is 3.09. The zero-order valence-corrected chi connectivity index (χ0v) is 32.8. The van der Waals surface area contributed by atoms with Gasteiger partial charge in [0.25, 0.3) is 0 Å². The predicted octanol–water partition coefficient (Wildman–Crippen LogP) is 13.5. The number of hydrogen-bond acceptors (Lipinski definition) is 3. The molecule has 2 unspecified atom stereocenters. The molecule has 0 heterocycles. The molecule has 4 heteroatoms. The van der Waals surface area contributed by atoms with Gasteiger partial charge in [0.2, 0.25) is 5.91 Å². The Hall–Kier alpha value is -0.870. The summed E-state index contributed by atoms with van der Waals surface area (Å²) in [6.45, 7) is 4.35. The largest absolute Gasteiger partial charge is 0.394 e. The summed E-state index contributed by atoms with van der Waals surface area (Å²) in [5.74, 6) is -0.0306. The highest BCUT2D eigenvalue weighted by Crippen LogP contribution is 2.16. The van der Waals surface area contributed by atoms with Crippen LogP contribution in [0.4, 0.5) is 0 Å². The van der Waals surface area contributed by atoms with Crippen molar-refractivity contribution in [2.24, 2.45) is 0 Å². The molecule has 1 amide bonds. The Balaban J connectivity index is 3.40. The van der Waals surface area contributed by atoms with Crippen LogP contribution in [-0.4, -0.2) is 34.9 Å². The molecule has 0 aliphatic rings. The van der Waals surface area contributed by atoms with Crippen molar-refractivity contribution in [1.82, 2.24) is 5.32 Å². The lowest BCUT2D eigenvalue weighted by Gasteiger charge is -2.22. The molecule has 0 aliphatic heterocycles. The van der Waals surface area contributed by atoms with E-state index in [1.54, 1.807) is 0 Å². The molecular weight excluding hydrogens is 590 g/mol. The number of carbonyl (C=O) groups excluding carboxylic acids is 1. The van der Waals surface area contributed by atoms with E-state index in [2.05, 4.69) is 31.3 Å². The first-order valence-electron chi connectivity index (χ1n) is 21.9. The van der Waals surface area contributed by atoms with Gasteiger partial charge in [0.05, 0.1) is 18.8 Å². The van der Waals surface area contributed by atoms with Crippen LogP contribution in [0.25, 0.3) is 0 Å². The number of unbranched alkanes of at least 4 members (excludes halogenated alkanes) is 31. The first-order valence-corrected chi connectivity index (χ1v) is 21.9. The minimum atomic E-state index is -0.653. The van der Waals surface area contributed by atoms with E-state index in [-0.39, 0.29) is 12.5 Å². The summed E-state index contributed by atoms with van der Waals surface area (Å²) in [5.41, 5.74) is 0. The van der Waals surface area contributed by atoms with Crippen LogP contribution >= 0.6 is 0 Å². The molecule has 0 aromatic rings. The fourth-order valence-corrected chi connectivity index (χ4v) is 6.89. The minimum Gasteiger partial charge on any atom is -0.394 e. The van der Waals surface area contributed by atoms with Crippen LogP contribution in [-0.2, 0) is 4.79 Å². The standard InChI is InChI=1S/C44H87NO3/c1-3-5-7-9-11-13-14-15-16-17-18-19-20-21-22-23-24-25-26-27-28-29-30-32-34-36-38-40-44(48)45-42(41-46)43(47)39-37-35-33-31-12-10-8-6-4-2/h17-18,42-43,46-47H,3-16,19-41H2,1-2H3,(H,45,48)/b18-17-. The van der Waals surface area contributed by atoms with Crippen molar-refractivity contribution >= 4 is 5.91 Å². The van der Waals surface area contributed by atoms with E-state index in [0.29, 0.717) is 12.8 Å². The average molecular weight is 678 g/mol. The number of amides is 1. The SMILES string of the molecule is CCCCCCCCCC/C=C\CCCCCCCCCCCCCCCCCC(=O)NC(CO)C(O)CCCCCCCCCCC. The summed E-state index contributed by atoms with van der Waals surface area (Å²) in [7, 11) is 0. The highest BCUT2D eigenvalue weighted by Gasteiger charge is 2.20. The monoisotopic (exact) mass is 678 g/mol. The van der Waals surface area contributed by atoms with Crippen molar-refractivity contribution in [2.75, 3.05) is 6.61 Å². The van der Waals surface area contributed by atoms with Crippen LogP contribution < -0.4 is 5.32 Å². The third-order valence-electron chi connectivity index (χ3n) is 10.3. The molecular formula is C44H87NO3. The second-order valence-corrected chi connectivity index (χ2v) is 15.1. The molecule has 0 bridgehead atoms. The Bertz CT molecular complexity index is 651. The van der Waals surface area contributed by atoms with Crippen LogP contribution in [0.1, 0.15) is 245 Å². The Labute approximate surface area is 301 Å². The molecule has 4 nitrogen and oxygen atoms in total. The Kier molecular flexibility index (Phi) is 39.8. The number of allylic oxidation sites excluding steroid dienone is 2. The van der Waals surface area contributed by atoms with E-state index < -0.39 is 12.1 Å². The van der Waals surface area contributed by atoms with Gasteiger partial charge in [0.1, 0.15) is 0 Å². The maximum Gasteiger partial charge on any atom is 0.220 e. The first-order chi connectivity index (χ1) is 23.7. The molecule has 0 rings (SSSR count). The molecule has 0 saturated heterocycles. The Morgan fingerprint density at radius 2 is 0.792 bits per heavy atom. The zero-order valence-electron chi connectivity index (χ0n) is 32.8. The third kappa shape index (κ3) is 36.4. The minimum absolute atomic E-state index is 0.0306. The van der Waals surface area contributed by atoms with Crippen LogP contribution in [0.15, 0.2) is 12.2 Å². The van der Waals surface area contributed by atoms with Crippen molar-refractivity contribution in [2.45, 2.75) is 257 Å². The first kappa shape index (κ1) is 47.1. The number of aliphatic hydroxyl groups is 2. The summed E-state index contributed by atoms with van der Waals surface area (Å²) >= 11 is 0. The normalized spacial score (nSPS) is 13.0. The van der Waals surface area contributed by atoms with Gasteiger partial charge in [-0.2, -0.15) is 0 Å². The molecule has 0 aromatic carbocycles. The van der Waals surface area contributed by atoms with E-state index >= 15 is 0 Å². The molecule has 3 N–H and O–H groups in total. The molecule has 0 aliphatic carbocycles. The highest BCUT2D eigenvalue weighted by molar-refractivity contribution is 5.76. The van der Waals surface area contributed by atoms with Gasteiger partial charge < -0.3 is 15.5 Å². The van der Waals surface area contributed by atoms with E-state index in [1.807, 2.05) is 0 Å². The van der Waals surface area contributed by atoms with Gasteiger partial charge in [0, 0.05) is 6.42 Å². The summed E-state index contributed by atoms with van der Waals surface area (Å²) in [6.07, 6.45) is 50.2. The van der Waals surface area contributed by atoms with E-state index in [1.165, 1.54) is 193 Å². The topological polar surface area (TPSA) is 69.6 Å². The van der Waals surface area contributed by atoms with Crippen LogP contribution in [0, 0.1) is 0 Å². The van der Waals surface area contributed by atoms with E-state index in [0.717, 1.165) is 25.7 Å². The molecule has 0 fully saturated rings. The molecule has 2 atom stereocenters. The Morgan fingerprint density at radius 3 is 1.15 bits per heavy atom. The fraction of sp³-hybridized carbons (Fsp3) is 0.932. The van der Waals surface area contributed by atoms with Crippen LogP contribution in [0.5, 0.6) is 0 Å². The van der Waals surface area contributed by atoms with Crippen molar-refractivity contribution in [3.05, 3.63) is 12.2 Å². The smallest absolute Gasteiger partial charge is 0.220 e. The molecule has 0 saturated carbocycles. The third-order valence-corrected chi connectivity index (χ3v) is 10.3. The number of aliphatic hydroxyl groups excluding tert-OH is 2. The lowest BCUT2D eigenvalue weighted by molar-refractivity contribution is -0.123. The Morgan fingerprint density at radius 1 is 0.479 bits per heavy atom. The number of carbonyl (C=O) groups is 1. The van der Waals surface area contributed by atoms with E-state index in [9.17, 15) is 15.0 Å². The predicted molar refractivity (Wildman–Crippen MR) is 212 cm³/mol. The van der Waals surface area contributed by atoms with Gasteiger partial charge in [-0.15, -0.1) is 0 Å². The van der Waals surface area contributed by atoms with Gasteiger partial charge in [-0.3, -0.25) is 4.79 Å². The van der Waals surface area contributed by atoms with Gasteiger partial charge in [-0.1, -0.05) is 212 Å². The van der Waals surface area contributed by atoms with Gasteiger partial charge in [-0.25, -0.2) is 0 Å². The van der Waals surface area contributed by atoms with Crippen molar-refractivity contribution in [1.29, 1.82) is 0 Å². The molecule has 286 valence electrons. The summed E-state index contributed by atoms with van der Waals surface area (Å²) in [4.78, 5) is 12.3. The molecule has 0 spiro atoms. The number of nitrogens with one attached hydrogen (secondary N) is 1. The van der Waals surface area contributed by atoms with Crippen LogP contribution in [0.2, 0.25) is 0 Å². The lowest BCUT2D eigenvalue weighted by atomic mass is 10.0. The quantitative estimate of drug-likeness (QED) is 0.0446. The van der Waals surface area contributed by atoms with Crippen molar-refractivity contribution < 1.29 is 15.0 Å². The second kappa shape index (κ2) is 40.6. The lowest BCUT2D eigenvalue weighted by Crippen LogP contribution is -2.45. The van der Waals surface area contributed by atoms with E-state index in [4.69, 9.17) is 0 Å². The molecule has 0 aromatic heterocycles.